The molecule has 0 aliphatic heterocycles. The fourth-order valence-electron chi connectivity index (χ4n) is 2.47. The van der Waals surface area contributed by atoms with Crippen LogP contribution in [0.25, 0.3) is 22.2 Å². The van der Waals surface area contributed by atoms with Gasteiger partial charge in [-0.1, -0.05) is 30.3 Å². The molecule has 3 aromatic rings. The van der Waals surface area contributed by atoms with Crippen LogP contribution in [-0.4, -0.2) is 15.2 Å². The van der Waals surface area contributed by atoms with E-state index in [4.69, 9.17) is 0 Å². The van der Waals surface area contributed by atoms with Crippen molar-refractivity contribution >= 4 is 10.9 Å². The van der Waals surface area contributed by atoms with Crippen molar-refractivity contribution in [1.82, 2.24) is 15.2 Å². The van der Waals surface area contributed by atoms with E-state index in [2.05, 4.69) is 27.3 Å². The molecule has 0 radical (unpaired) electrons. The highest BCUT2D eigenvalue weighted by Crippen LogP contribution is 2.43. The molecule has 4 rings (SSSR count). The summed E-state index contributed by atoms with van der Waals surface area (Å²) in [4.78, 5) is 4.56. The van der Waals surface area contributed by atoms with Gasteiger partial charge in [0.05, 0.1) is 11.2 Å². The molecular formula is C15H13N3. The average molecular weight is 235 g/mol. The number of nitrogens with one attached hydrogen (secondary N) is 1. The van der Waals surface area contributed by atoms with Crippen LogP contribution in [0.5, 0.6) is 0 Å². The Morgan fingerprint density at radius 1 is 1.06 bits per heavy atom. The third kappa shape index (κ3) is 1.44. The molecule has 1 fully saturated rings. The van der Waals surface area contributed by atoms with E-state index in [0.29, 0.717) is 5.92 Å². The normalized spacial score (nSPS) is 15.1. The minimum absolute atomic E-state index is 0.654. The first-order valence-electron chi connectivity index (χ1n) is 6.32. The molecule has 3 heteroatoms. The van der Waals surface area contributed by atoms with E-state index in [1.807, 2.05) is 30.5 Å². The lowest BCUT2D eigenvalue weighted by molar-refractivity contribution is 0.978. The molecule has 1 aliphatic carbocycles. The summed E-state index contributed by atoms with van der Waals surface area (Å²) in [5.74, 6) is 0.654. The van der Waals surface area contributed by atoms with E-state index >= 15 is 0 Å². The zero-order valence-electron chi connectivity index (χ0n) is 9.93. The summed E-state index contributed by atoms with van der Waals surface area (Å²) in [6.45, 7) is 0. The number of aromatic nitrogens is 3. The number of pyridine rings is 1. The number of nitrogens with zero attached hydrogens (tertiary/aromatic N) is 2. The van der Waals surface area contributed by atoms with Crippen molar-refractivity contribution in [1.29, 1.82) is 0 Å². The maximum absolute atomic E-state index is 4.56. The molecule has 1 N–H and O–H groups in total. The van der Waals surface area contributed by atoms with E-state index < -0.39 is 0 Å². The Balaban J connectivity index is 2.02. The van der Waals surface area contributed by atoms with Crippen molar-refractivity contribution in [3.63, 3.8) is 0 Å². The third-order valence-electron chi connectivity index (χ3n) is 3.53. The SMILES string of the molecule is c1ccc(-c2nccc3n[nH]c(C4CC4)c23)cc1. The van der Waals surface area contributed by atoms with Crippen molar-refractivity contribution in [2.45, 2.75) is 18.8 Å². The van der Waals surface area contributed by atoms with Crippen LogP contribution in [0, 0.1) is 0 Å². The van der Waals surface area contributed by atoms with Gasteiger partial charge in [0, 0.05) is 28.8 Å². The van der Waals surface area contributed by atoms with Gasteiger partial charge in [-0.15, -0.1) is 0 Å². The van der Waals surface area contributed by atoms with Gasteiger partial charge >= 0.3 is 0 Å². The van der Waals surface area contributed by atoms with Crippen LogP contribution in [0.15, 0.2) is 42.6 Å². The van der Waals surface area contributed by atoms with Crippen molar-refractivity contribution < 1.29 is 0 Å². The Hall–Kier alpha value is -2.16. The maximum Gasteiger partial charge on any atom is 0.0961 e. The number of fused-ring (bicyclic) bond motifs is 1. The van der Waals surface area contributed by atoms with Crippen LogP contribution in [0.2, 0.25) is 0 Å². The summed E-state index contributed by atoms with van der Waals surface area (Å²) in [5.41, 5.74) is 4.48. The second-order valence-corrected chi connectivity index (χ2v) is 4.83. The minimum Gasteiger partial charge on any atom is -0.281 e. The first kappa shape index (κ1) is 9.83. The second kappa shape index (κ2) is 3.67. The molecule has 3 nitrogen and oxygen atoms in total. The maximum atomic E-state index is 4.56. The average Bonchev–Trinajstić information content (AvgIpc) is 3.19. The van der Waals surface area contributed by atoms with Crippen molar-refractivity contribution in [3.05, 3.63) is 48.3 Å². The number of benzene rings is 1. The first-order chi connectivity index (χ1) is 8.93. The Kier molecular flexibility index (Phi) is 2.00. The van der Waals surface area contributed by atoms with Crippen LogP contribution in [0.3, 0.4) is 0 Å². The molecule has 0 unspecified atom stereocenters. The first-order valence-corrected chi connectivity index (χ1v) is 6.32. The smallest absolute Gasteiger partial charge is 0.0961 e. The molecule has 2 heterocycles. The van der Waals surface area contributed by atoms with Gasteiger partial charge in [-0.2, -0.15) is 5.10 Å². The van der Waals surface area contributed by atoms with E-state index in [1.165, 1.54) is 23.9 Å². The monoisotopic (exact) mass is 235 g/mol. The van der Waals surface area contributed by atoms with Crippen molar-refractivity contribution in [2.75, 3.05) is 0 Å². The Bertz CT molecular complexity index is 696. The second-order valence-electron chi connectivity index (χ2n) is 4.83. The molecular weight excluding hydrogens is 222 g/mol. The highest BCUT2D eigenvalue weighted by molar-refractivity contribution is 5.94. The number of hydrogen-bond donors (Lipinski definition) is 1. The van der Waals surface area contributed by atoms with Crippen molar-refractivity contribution in [3.8, 4) is 11.3 Å². The topological polar surface area (TPSA) is 41.6 Å². The quantitative estimate of drug-likeness (QED) is 0.738. The van der Waals surface area contributed by atoms with E-state index in [-0.39, 0.29) is 0 Å². The highest BCUT2D eigenvalue weighted by Gasteiger charge is 2.28. The molecule has 2 aromatic heterocycles. The zero-order valence-corrected chi connectivity index (χ0v) is 9.93. The van der Waals surface area contributed by atoms with Gasteiger partial charge in [0.25, 0.3) is 0 Å². The van der Waals surface area contributed by atoms with Gasteiger partial charge in [0.2, 0.25) is 0 Å². The van der Waals surface area contributed by atoms with Gasteiger partial charge < -0.3 is 0 Å². The van der Waals surface area contributed by atoms with Gasteiger partial charge in [0.15, 0.2) is 0 Å². The van der Waals surface area contributed by atoms with Gasteiger partial charge in [-0.3, -0.25) is 10.1 Å². The minimum atomic E-state index is 0.654. The highest BCUT2D eigenvalue weighted by atomic mass is 15.1. The van der Waals surface area contributed by atoms with Gasteiger partial charge in [0.1, 0.15) is 0 Å². The van der Waals surface area contributed by atoms with E-state index in [1.54, 1.807) is 0 Å². The van der Waals surface area contributed by atoms with Gasteiger partial charge in [-0.05, 0) is 18.9 Å². The Morgan fingerprint density at radius 3 is 2.67 bits per heavy atom. The Labute approximate surface area is 105 Å². The van der Waals surface area contributed by atoms with Crippen LogP contribution in [0.1, 0.15) is 24.5 Å². The summed E-state index contributed by atoms with van der Waals surface area (Å²) >= 11 is 0. The molecule has 18 heavy (non-hydrogen) atoms. The predicted molar refractivity (Wildman–Crippen MR) is 71.3 cm³/mol. The van der Waals surface area contributed by atoms with Gasteiger partial charge in [-0.25, -0.2) is 0 Å². The third-order valence-corrected chi connectivity index (χ3v) is 3.53. The number of rotatable bonds is 2. The summed E-state index contributed by atoms with van der Waals surface area (Å²) < 4.78 is 0. The number of aromatic amines is 1. The summed E-state index contributed by atoms with van der Waals surface area (Å²) in [6, 6.07) is 12.3. The molecule has 0 bridgehead atoms. The predicted octanol–water partition coefficient (Wildman–Crippen LogP) is 3.50. The lowest BCUT2D eigenvalue weighted by Gasteiger charge is -2.03. The van der Waals surface area contributed by atoms with E-state index in [9.17, 15) is 0 Å². The standard InChI is InChI=1S/C15H13N3/c1-2-4-10(5-3-1)14-13-12(8-9-16-14)17-18-15(13)11-6-7-11/h1-5,8-9,11H,6-7H2,(H,17,18). The van der Waals surface area contributed by atoms with Crippen LogP contribution >= 0.6 is 0 Å². The molecule has 0 amide bonds. The molecule has 88 valence electrons. The van der Waals surface area contributed by atoms with Crippen LogP contribution in [-0.2, 0) is 0 Å². The lowest BCUT2D eigenvalue weighted by Crippen LogP contribution is -1.87. The summed E-state index contributed by atoms with van der Waals surface area (Å²) in [7, 11) is 0. The largest absolute Gasteiger partial charge is 0.281 e. The lowest BCUT2D eigenvalue weighted by atomic mass is 10.0. The molecule has 0 saturated heterocycles. The molecule has 0 spiro atoms. The van der Waals surface area contributed by atoms with E-state index in [0.717, 1.165) is 16.8 Å². The molecule has 1 saturated carbocycles. The zero-order chi connectivity index (χ0) is 11.9. The van der Waals surface area contributed by atoms with Crippen LogP contribution in [0.4, 0.5) is 0 Å². The fourth-order valence-corrected chi connectivity index (χ4v) is 2.47. The molecule has 1 aromatic carbocycles. The number of H-pyrrole nitrogens is 1. The summed E-state index contributed by atoms with van der Waals surface area (Å²) in [6.07, 6.45) is 4.36. The summed E-state index contributed by atoms with van der Waals surface area (Å²) in [5, 5.41) is 8.80. The van der Waals surface area contributed by atoms with Crippen molar-refractivity contribution in [2.24, 2.45) is 0 Å². The molecule has 0 atom stereocenters. The fraction of sp³-hybridized carbons (Fsp3) is 0.200. The van der Waals surface area contributed by atoms with Crippen LogP contribution < -0.4 is 0 Å². The Morgan fingerprint density at radius 2 is 1.89 bits per heavy atom. The molecule has 1 aliphatic rings. The number of hydrogen-bond acceptors (Lipinski definition) is 2.